The van der Waals surface area contributed by atoms with Crippen molar-refractivity contribution < 1.29 is 9.47 Å². The Bertz CT molecular complexity index is 374. The Balaban J connectivity index is 1.85. The van der Waals surface area contributed by atoms with Gasteiger partial charge in [0.05, 0.1) is 12.7 Å². The van der Waals surface area contributed by atoms with Crippen molar-refractivity contribution in [3.05, 3.63) is 35.9 Å². The zero-order chi connectivity index (χ0) is 14.9. The van der Waals surface area contributed by atoms with E-state index in [9.17, 15) is 0 Å². The average Bonchev–Trinajstić information content (AvgIpc) is 2.52. The van der Waals surface area contributed by atoms with Crippen molar-refractivity contribution in [2.75, 3.05) is 32.9 Å². The van der Waals surface area contributed by atoms with Crippen LogP contribution in [0.5, 0.6) is 0 Å². The Morgan fingerprint density at radius 3 is 2.52 bits per heavy atom. The van der Waals surface area contributed by atoms with Gasteiger partial charge in [0, 0.05) is 19.8 Å². The summed E-state index contributed by atoms with van der Waals surface area (Å²) in [7, 11) is 0. The lowest BCUT2D eigenvalue weighted by molar-refractivity contribution is -0.0115. The minimum Gasteiger partial charge on any atom is -0.381 e. The van der Waals surface area contributed by atoms with Crippen LogP contribution in [0, 0.1) is 11.8 Å². The molecule has 3 heteroatoms. The molecule has 0 aromatic heterocycles. The minimum atomic E-state index is 0.146. The average molecular weight is 291 g/mol. The molecule has 118 valence electrons. The van der Waals surface area contributed by atoms with Gasteiger partial charge in [-0.15, -0.1) is 0 Å². The minimum absolute atomic E-state index is 0.146. The van der Waals surface area contributed by atoms with E-state index in [2.05, 4.69) is 49.5 Å². The highest BCUT2D eigenvalue weighted by molar-refractivity contribution is 5.17. The largest absolute Gasteiger partial charge is 0.381 e. The molecular formula is C18H29NO2. The number of ether oxygens (including phenoxy) is 2. The van der Waals surface area contributed by atoms with E-state index in [1.54, 1.807) is 0 Å². The van der Waals surface area contributed by atoms with Crippen molar-refractivity contribution in [1.29, 1.82) is 0 Å². The number of rotatable bonds is 8. The van der Waals surface area contributed by atoms with Crippen molar-refractivity contribution >= 4 is 0 Å². The third kappa shape index (κ3) is 6.16. The molecule has 1 N–H and O–H groups in total. The Morgan fingerprint density at radius 1 is 1.14 bits per heavy atom. The molecule has 1 heterocycles. The summed E-state index contributed by atoms with van der Waals surface area (Å²) in [5.74, 6) is 1.31. The molecule has 2 rings (SSSR count). The van der Waals surface area contributed by atoms with E-state index >= 15 is 0 Å². The Hall–Kier alpha value is -0.900. The van der Waals surface area contributed by atoms with Crippen molar-refractivity contribution in [2.45, 2.75) is 32.8 Å². The van der Waals surface area contributed by atoms with Crippen molar-refractivity contribution in [2.24, 2.45) is 11.8 Å². The molecule has 0 spiro atoms. The highest BCUT2D eigenvalue weighted by Crippen LogP contribution is 2.21. The first-order chi connectivity index (χ1) is 10.3. The molecule has 1 fully saturated rings. The van der Waals surface area contributed by atoms with Gasteiger partial charge in [0.2, 0.25) is 0 Å². The van der Waals surface area contributed by atoms with Crippen LogP contribution >= 0.6 is 0 Å². The van der Waals surface area contributed by atoms with Gasteiger partial charge in [-0.1, -0.05) is 44.2 Å². The summed E-state index contributed by atoms with van der Waals surface area (Å²) in [6.45, 7) is 8.98. The molecule has 1 aliphatic rings. The maximum Gasteiger partial charge on any atom is 0.0949 e. The predicted octanol–water partition coefficient (Wildman–Crippen LogP) is 3.42. The van der Waals surface area contributed by atoms with Crippen molar-refractivity contribution in [3.63, 3.8) is 0 Å². The molecule has 1 aromatic rings. The van der Waals surface area contributed by atoms with E-state index in [1.165, 1.54) is 5.56 Å². The first kappa shape index (κ1) is 16.5. The lowest BCUT2D eigenvalue weighted by Gasteiger charge is -2.26. The van der Waals surface area contributed by atoms with E-state index in [0.29, 0.717) is 11.8 Å². The lowest BCUT2D eigenvalue weighted by Crippen LogP contribution is -2.29. The fourth-order valence-electron chi connectivity index (χ4n) is 2.61. The first-order valence-electron chi connectivity index (χ1n) is 8.20. The highest BCUT2D eigenvalue weighted by atomic mass is 16.5. The monoisotopic (exact) mass is 291 g/mol. The molecule has 0 saturated carbocycles. The molecule has 1 atom stereocenters. The standard InChI is InChI=1S/C18H29NO2/c1-15(2)12-19-13-18(17-6-4-3-5-7-17)21-14-16-8-10-20-11-9-16/h3-7,15-16,18-19H,8-14H2,1-2H3. The third-order valence-corrected chi connectivity index (χ3v) is 3.93. The van der Waals surface area contributed by atoms with E-state index < -0.39 is 0 Å². The van der Waals surface area contributed by atoms with E-state index in [4.69, 9.17) is 9.47 Å². The number of nitrogens with one attached hydrogen (secondary N) is 1. The lowest BCUT2D eigenvalue weighted by atomic mass is 10.0. The number of hydrogen-bond donors (Lipinski definition) is 1. The quantitative estimate of drug-likeness (QED) is 0.796. The van der Waals surface area contributed by atoms with Gasteiger partial charge in [-0.2, -0.15) is 0 Å². The van der Waals surface area contributed by atoms with Crippen LogP contribution in [0.2, 0.25) is 0 Å². The molecule has 21 heavy (non-hydrogen) atoms. The summed E-state index contributed by atoms with van der Waals surface area (Å²) >= 11 is 0. The van der Waals surface area contributed by atoms with Crippen LogP contribution in [0.1, 0.15) is 38.4 Å². The summed E-state index contributed by atoms with van der Waals surface area (Å²) in [5, 5.41) is 3.52. The van der Waals surface area contributed by atoms with E-state index in [-0.39, 0.29) is 6.10 Å². The topological polar surface area (TPSA) is 30.5 Å². The van der Waals surface area contributed by atoms with Crippen LogP contribution < -0.4 is 5.32 Å². The van der Waals surface area contributed by atoms with Gasteiger partial charge in [0.15, 0.2) is 0 Å². The SMILES string of the molecule is CC(C)CNCC(OCC1CCOCC1)c1ccccc1. The van der Waals surface area contributed by atoms with Gasteiger partial charge in [0.25, 0.3) is 0 Å². The normalized spacial score (nSPS) is 18.0. The van der Waals surface area contributed by atoms with Gasteiger partial charge >= 0.3 is 0 Å². The smallest absolute Gasteiger partial charge is 0.0949 e. The maximum atomic E-state index is 6.23. The van der Waals surface area contributed by atoms with E-state index in [0.717, 1.165) is 45.8 Å². The third-order valence-electron chi connectivity index (χ3n) is 3.93. The summed E-state index contributed by atoms with van der Waals surface area (Å²) < 4.78 is 11.6. The fourth-order valence-corrected chi connectivity index (χ4v) is 2.61. The van der Waals surface area contributed by atoms with Gasteiger partial charge < -0.3 is 14.8 Å². The van der Waals surface area contributed by atoms with Gasteiger partial charge in [-0.3, -0.25) is 0 Å². The molecule has 0 amide bonds. The Morgan fingerprint density at radius 2 is 1.86 bits per heavy atom. The molecule has 0 radical (unpaired) electrons. The molecule has 3 nitrogen and oxygen atoms in total. The molecular weight excluding hydrogens is 262 g/mol. The van der Waals surface area contributed by atoms with Gasteiger partial charge in [-0.05, 0) is 36.8 Å². The van der Waals surface area contributed by atoms with Crippen LogP contribution in [0.25, 0.3) is 0 Å². The summed E-state index contributed by atoms with van der Waals surface area (Å²) in [6.07, 6.45) is 2.40. The maximum absolute atomic E-state index is 6.23. The van der Waals surface area contributed by atoms with Crippen LogP contribution in [-0.2, 0) is 9.47 Å². The molecule has 1 unspecified atom stereocenters. The second-order valence-corrected chi connectivity index (χ2v) is 6.34. The molecule has 1 saturated heterocycles. The van der Waals surface area contributed by atoms with Crippen LogP contribution in [0.4, 0.5) is 0 Å². The number of hydrogen-bond acceptors (Lipinski definition) is 3. The zero-order valence-electron chi connectivity index (χ0n) is 13.4. The molecule has 1 aromatic carbocycles. The van der Waals surface area contributed by atoms with Crippen LogP contribution in [0.15, 0.2) is 30.3 Å². The van der Waals surface area contributed by atoms with Crippen molar-refractivity contribution in [3.8, 4) is 0 Å². The second kappa shape index (κ2) is 9.19. The fraction of sp³-hybridized carbons (Fsp3) is 0.667. The molecule has 0 aliphatic carbocycles. The zero-order valence-corrected chi connectivity index (χ0v) is 13.4. The van der Waals surface area contributed by atoms with Gasteiger partial charge in [0.1, 0.15) is 0 Å². The predicted molar refractivity (Wildman–Crippen MR) is 86.4 cm³/mol. The summed E-state index contributed by atoms with van der Waals surface area (Å²) in [6, 6.07) is 10.5. The van der Waals surface area contributed by atoms with Crippen LogP contribution in [0.3, 0.4) is 0 Å². The van der Waals surface area contributed by atoms with Crippen LogP contribution in [-0.4, -0.2) is 32.9 Å². The van der Waals surface area contributed by atoms with Gasteiger partial charge in [-0.25, -0.2) is 0 Å². The summed E-state index contributed by atoms with van der Waals surface area (Å²) in [5.41, 5.74) is 1.26. The second-order valence-electron chi connectivity index (χ2n) is 6.34. The Kier molecular flexibility index (Phi) is 7.20. The van der Waals surface area contributed by atoms with Crippen molar-refractivity contribution in [1.82, 2.24) is 5.32 Å². The van der Waals surface area contributed by atoms with E-state index in [1.807, 2.05) is 0 Å². The molecule has 0 bridgehead atoms. The highest BCUT2D eigenvalue weighted by Gasteiger charge is 2.18. The first-order valence-corrected chi connectivity index (χ1v) is 8.20. The summed E-state index contributed by atoms with van der Waals surface area (Å²) in [4.78, 5) is 0. The number of benzene rings is 1. The Labute approximate surface area is 129 Å². The molecule has 1 aliphatic heterocycles.